The van der Waals surface area contributed by atoms with Gasteiger partial charge in [-0.1, -0.05) is 6.42 Å². The van der Waals surface area contributed by atoms with Crippen LogP contribution in [0.5, 0.6) is 11.5 Å². The molecular weight excluding hydrogens is 489 g/mol. The van der Waals surface area contributed by atoms with Crippen LogP contribution < -0.4 is 19.9 Å². The molecule has 1 N–H and O–H groups in total. The summed E-state index contributed by atoms with van der Waals surface area (Å²) in [7, 11) is 1.58. The van der Waals surface area contributed by atoms with Crippen molar-refractivity contribution in [3.63, 3.8) is 0 Å². The number of carbonyl (C=O) groups excluding carboxylic acids is 1. The Morgan fingerprint density at radius 3 is 2.47 bits per heavy atom. The van der Waals surface area contributed by atoms with Crippen molar-refractivity contribution in [3.05, 3.63) is 64.3 Å². The first-order chi connectivity index (χ1) is 18.5. The van der Waals surface area contributed by atoms with Crippen molar-refractivity contribution in [3.8, 4) is 22.9 Å². The van der Waals surface area contributed by atoms with Gasteiger partial charge in [-0.15, -0.1) is 10.2 Å². The summed E-state index contributed by atoms with van der Waals surface area (Å²) in [6, 6.07) is 11.8. The summed E-state index contributed by atoms with van der Waals surface area (Å²) in [4.78, 5) is 32.1. The van der Waals surface area contributed by atoms with Gasteiger partial charge in [-0.25, -0.2) is 4.39 Å². The number of aromatic amines is 1. The fourth-order valence-corrected chi connectivity index (χ4v) is 4.70. The molecule has 2 heterocycles. The van der Waals surface area contributed by atoms with Gasteiger partial charge in [0.05, 0.1) is 13.7 Å². The highest BCUT2D eigenvalue weighted by Gasteiger charge is 2.22. The number of nitrogens with zero attached hydrogens (tertiary/aromatic N) is 4. The average molecular weight is 522 g/mol. The Morgan fingerprint density at radius 1 is 1.05 bits per heavy atom. The van der Waals surface area contributed by atoms with Crippen molar-refractivity contribution in [2.24, 2.45) is 5.92 Å². The number of amides is 1. The average Bonchev–Trinajstić information content (AvgIpc) is 2.92. The summed E-state index contributed by atoms with van der Waals surface area (Å²) in [5.41, 5.74) is 1.45. The molecule has 1 aliphatic carbocycles. The maximum absolute atomic E-state index is 13.2. The van der Waals surface area contributed by atoms with Crippen LogP contribution in [0.1, 0.15) is 31.4 Å². The lowest BCUT2D eigenvalue weighted by atomic mass is 9.86. The van der Waals surface area contributed by atoms with E-state index in [-0.39, 0.29) is 35.8 Å². The van der Waals surface area contributed by atoms with Crippen molar-refractivity contribution >= 4 is 11.6 Å². The van der Waals surface area contributed by atoms with Gasteiger partial charge >= 0.3 is 0 Å². The molecule has 38 heavy (non-hydrogen) atoms. The molecule has 200 valence electrons. The number of aromatic nitrogens is 3. The first-order valence-electron chi connectivity index (χ1n) is 13.1. The Labute approximate surface area is 220 Å². The fraction of sp³-hybridized carbons (Fsp3) is 0.429. The van der Waals surface area contributed by atoms with Crippen LogP contribution in [0.3, 0.4) is 0 Å². The molecule has 0 unspecified atom stereocenters. The molecule has 10 heteroatoms. The molecule has 1 amide bonds. The summed E-state index contributed by atoms with van der Waals surface area (Å²) in [6.07, 6.45) is 4.04. The zero-order valence-corrected chi connectivity index (χ0v) is 21.5. The van der Waals surface area contributed by atoms with Gasteiger partial charge in [-0.3, -0.25) is 9.59 Å². The van der Waals surface area contributed by atoms with E-state index in [1.807, 2.05) is 12.1 Å². The zero-order valence-electron chi connectivity index (χ0n) is 21.5. The highest BCUT2D eigenvalue weighted by molar-refractivity contribution is 5.76. The lowest BCUT2D eigenvalue weighted by Gasteiger charge is -2.36. The third-order valence-electron chi connectivity index (χ3n) is 7.30. The molecule has 2 aromatic carbocycles. The van der Waals surface area contributed by atoms with Crippen LogP contribution in [0.25, 0.3) is 11.4 Å². The van der Waals surface area contributed by atoms with Crippen LogP contribution in [0.4, 0.5) is 10.1 Å². The third-order valence-corrected chi connectivity index (χ3v) is 7.30. The number of aryl methyl sites for hydroxylation is 1. The topological polar surface area (TPSA) is 101 Å². The Bertz CT molecular complexity index is 1320. The van der Waals surface area contributed by atoms with Crippen LogP contribution in [0, 0.1) is 11.7 Å². The van der Waals surface area contributed by atoms with Gasteiger partial charge in [0, 0.05) is 50.3 Å². The normalized spacial score (nSPS) is 15.7. The van der Waals surface area contributed by atoms with E-state index in [2.05, 4.69) is 20.1 Å². The van der Waals surface area contributed by atoms with E-state index in [0.29, 0.717) is 61.6 Å². The number of rotatable bonds is 9. The molecule has 2 fully saturated rings. The van der Waals surface area contributed by atoms with Gasteiger partial charge in [0.1, 0.15) is 11.5 Å². The lowest BCUT2D eigenvalue weighted by Crippen LogP contribution is -2.48. The van der Waals surface area contributed by atoms with Crippen molar-refractivity contribution in [1.29, 1.82) is 0 Å². The van der Waals surface area contributed by atoms with Crippen LogP contribution >= 0.6 is 0 Å². The standard InChI is InChI=1S/C28H32FN5O4/c1-37-25-17-20(5-11-24(25)38-18-19-3-2-4-19)27-30-28(36)23(31-32-27)10-12-26(35)34-15-13-33(14-16-34)22-8-6-21(29)7-9-22/h5-9,11,17,19H,2-4,10,12-16,18H2,1H3,(H,30,32,36). The Kier molecular flexibility index (Phi) is 7.86. The Hall–Kier alpha value is -3.95. The molecule has 0 spiro atoms. The van der Waals surface area contributed by atoms with Gasteiger partial charge < -0.3 is 24.3 Å². The van der Waals surface area contributed by atoms with E-state index in [1.54, 1.807) is 30.2 Å². The van der Waals surface area contributed by atoms with E-state index in [1.165, 1.54) is 31.4 Å². The first kappa shape index (κ1) is 25.7. The molecule has 5 rings (SSSR count). The van der Waals surface area contributed by atoms with Crippen LogP contribution in [0.15, 0.2) is 47.3 Å². The predicted octanol–water partition coefficient (Wildman–Crippen LogP) is 3.44. The van der Waals surface area contributed by atoms with Crippen molar-refractivity contribution < 1.29 is 18.7 Å². The monoisotopic (exact) mass is 521 g/mol. The highest BCUT2D eigenvalue weighted by Crippen LogP contribution is 2.33. The molecule has 0 bridgehead atoms. The van der Waals surface area contributed by atoms with E-state index in [4.69, 9.17) is 9.47 Å². The summed E-state index contributed by atoms with van der Waals surface area (Å²) >= 11 is 0. The molecule has 1 aliphatic heterocycles. The summed E-state index contributed by atoms with van der Waals surface area (Å²) < 4.78 is 24.6. The van der Waals surface area contributed by atoms with Gasteiger partial charge in [-0.2, -0.15) is 0 Å². The summed E-state index contributed by atoms with van der Waals surface area (Å²) in [5.74, 6) is 1.86. The maximum atomic E-state index is 13.2. The van der Waals surface area contributed by atoms with Crippen LogP contribution in [-0.2, 0) is 11.2 Å². The quantitative estimate of drug-likeness (QED) is 0.460. The zero-order chi connectivity index (χ0) is 26.5. The van der Waals surface area contributed by atoms with Crippen molar-refractivity contribution in [2.75, 3.05) is 44.8 Å². The number of benzene rings is 2. The Balaban J connectivity index is 1.15. The number of nitrogens with one attached hydrogen (secondary N) is 1. The summed E-state index contributed by atoms with van der Waals surface area (Å²) in [6.45, 7) is 3.14. The number of halogens is 1. The van der Waals surface area contributed by atoms with E-state index < -0.39 is 0 Å². The van der Waals surface area contributed by atoms with Crippen molar-refractivity contribution in [1.82, 2.24) is 20.1 Å². The van der Waals surface area contributed by atoms with Gasteiger partial charge in [-0.05, 0) is 61.2 Å². The van der Waals surface area contributed by atoms with Gasteiger partial charge in [0.2, 0.25) is 5.91 Å². The Morgan fingerprint density at radius 2 is 1.82 bits per heavy atom. The van der Waals surface area contributed by atoms with E-state index in [9.17, 15) is 14.0 Å². The van der Waals surface area contributed by atoms with Gasteiger partial charge in [0.25, 0.3) is 5.56 Å². The second-order valence-corrected chi connectivity index (χ2v) is 9.77. The number of carbonyl (C=O) groups is 1. The van der Waals surface area contributed by atoms with E-state index >= 15 is 0 Å². The lowest BCUT2D eigenvalue weighted by molar-refractivity contribution is -0.131. The minimum atomic E-state index is -0.367. The predicted molar refractivity (Wildman–Crippen MR) is 141 cm³/mol. The number of H-pyrrole nitrogens is 1. The molecule has 1 aromatic heterocycles. The summed E-state index contributed by atoms with van der Waals surface area (Å²) in [5, 5.41) is 8.30. The second kappa shape index (κ2) is 11.6. The second-order valence-electron chi connectivity index (χ2n) is 9.77. The van der Waals surface area contributed by atoms with E-state index in [0.717, 1.165) is 5.69 Å². The number of hydrogen-bond acceptors (Lipinski definition) is 7. The number of hydrogen-bond donors (Lipinski definition) is 1. The number of ether oxygens (including phenoxy) is 2. The molecule has 1 saturated heterocycles. The van der Waals surface area contributed by atoms with Gasteiger partial charge in [0.15, 0.2) is 17.3 Å². The number of piperazine rings is 1. The largest absolute Gasteiger partial charge is 0.493 e. The molecule has 9 nitrogen and oxygen atoms in total. The maximum Gasteiger partial charge on any atom is 0.273 e. The SMILES string of the molecule is COc1cc(-c2nnc(CCC(=O)N3CCN(c4ccc(F)cc4)CC3)c(=O)[nH]2)ccc1OCC1CCC1. The minimum absolute atomic E-state index is 0.0312. The molecule has 0 radical (unpaired) electrons. The molecule has 1 saturated carbocycles. The fourth-order valence-electron chi connectivity index (χ4n) is 4.70. The number of methoxy groups -OCH3 is 1. The molecular formula is C28H32FN5O4. The molecule has 3 aromatic rings. The van der Waals surface area contributed by atoms with Crippen molar-refractivity contribution in [2.45, 2.75) is 32.1 Å². The minimum Gasteiger partial charge on any atom is -0.493 e. The first-order valence-corrected chi connectivity index (χ1v) is 13.1. The highest BCUT2D eigenvalue weighted by atomic mass is 19.1. The van der Waals surface area contributed by atoms with Crippen LogP contribution in [-0.4, -0.2) is 65.9 Å². The number of anilines is 1. The third kappa shape index (κ3) is 5.95. The smallest absolute Gasteiger partial charge is 0.273 e. The van der Waals surface area contributed by atoms with Crippen LogP contribution in [0.2, 0.25) is 0 Å². The molecule has 0 atom stereocenters. The molecule has 2 aliphatic rings.